The fraction of sp³-hybridized carbons (Fsp3) is 0.292. The number of rotatable bonds is 6. The van der Waals surface area contributed by atoms with Gasteiger partial charge in [-0.25, -0.2) is 4.39 Å². The summed E-state index contributed by atoms with van der Waals surface area (Å²) >= 11 is 0. The highest BCUT2D eigenvalue weighted by Crippen LogP contribution is 2.33. The Morgan fingerprint density at radius 3 is 2.81 bits per heavy atom. The second-order valence-corrected chi connectivity index (χ2v) is 7.89. The summed E-state index contributed by atoms with van der Waals surface area (Å²) in [6.07, 6.45) is 7.38. The van der Waals surface area contributed by atoms with Gasteiger partial charge in [0.15, 0.2) is 0 Å². The Hall–Kier alpha value is -3.32. The van der Waals surface area contributed by atoms with E-state index in [1.54, 1.807) is 24.7 Å². The minimum Gasteiger partial charge on any atom is -0.356 e. The number of allylic oxidation sites excluding steroid dienone is 1. The lowest BCUT2D eigenvalue weighted by Gasteiger charge is -2.25. The minimum atomic E-state index is -0.290. The van der Waals surface area contributed by atoms with Crippen LogP contribution in [-0.2, 0) is 0 Å². The van der Waals surface area contributed by atoms with Crippen molar-refractivity contribution in [3.8, 4) is 11.1 Å². The lowest BCUT2D eigenvalue weighted by molar-refractivity contribution is 0.422. The van der Waals surface area contributed by atoms with E-state index in [2.05, 4.69) is 32.4 Å². The molecule has 1 aliphatic heterocycles. The molecule has 0 saturated carbocycles. The molecule has 2 aromatic heterocycles. The van der Waals surface area contributed by atoms with Gasteiger partial charge in [-0.3, -0.25) is 15.1 Å². The van der Waals surface area contributed by atoms with Gasteiger partial charge in [0, 0.05) is 29.6 Å². The van der Waals surface area contributed by atoms with Crippen LogP contribution in [0.4, 0.5) is 15.8 Å². The predicted molar refractivity (Wildman–Crippen MR) is 123 cm³/mol. The lowest BCUT2D eigenvalue weighted by Crippen LogP contribution is -2.30. The largest absolute Gasteiger partial charge is 0.356 e. The third kappa shape index (κ3) is 4.72. The van der Waals surface area contributed by atoms with E-state index in [9.17, 15) is 4.39 Å². The van der Waals surface area contributed by atoms with Crippen LogP contribution in [0.3, 0.4) is 0 Å². The number of H-pyrrole nitrogens is 1. The number of benzene rings is 1. The first-order chi connectivity index (χ1) is 15.0. The molecular weight excluding hydrogens is 391 g/mol. The summed E-state index contributed by atoms with van der Waals surface area (Å²) in [6, 6.07) is 6.48. The van der Waals surface area contributed by atoms with Crippen LogP contribution in [0.2, 0.25) is 0 Å². The third-order valence-electron chi connectivity index (χ3n) is 5.64. The summed E-state index contributed by atoms with van der Waals surface area (Å²) in [5.41, 5.74) is 6.62. The van der Waals surface area contributed by atoms with Crippen LogP contribution in [0.25, 0.3) is 11.1 Å². The van der Waals surface area contributed by atoms with E-state index in [1.165, 1.54) is 12.1 Å². The summed E-state index contributed by atoms with van der Waals surface area (Å²) in [6.45, 7) is 10.1. The molecule has 3 N–H and O–H groups in total. The first kappa shape index (κ1) is 20.9. The maximum absolute atomic E-state index is 13.8. The molecule has 0 atom stereocenters. The fourth-order valence-electron chi connectivity index (χ4n) is 3.90. The number of nitrogens with one attached hydrogen (secondary N) is 3. The molecule has 1 aliphatic rings. The third-order valence-corrected chi connectivity index (χ3v) is 5.64. The zero-order valence-corrected chi connectivity index (χ0v) is 17.9. The van der Waals surface area contributed by atoms with Crippen molar-refractivity contribution in [2.75, 3.05) is 18.4 Å². The van der Waals surface area contributed by atoms with Gasteiger partial charge in [-0.2, -0.15) is 5.10 Å². The van der Waals surface area contributed by atoms with E-state index in [4.69, 9.17) is 4.99 Å². The van der Waals surface area contributed by atoms with E-state index in [0.29, 0.717) is 5.92 Å². The fourth-order valence-corrected chi connectivity index (χ4v) is 3.90. The molecule has 3 heterocycles. The van der Waals surface area contributed by atoms with Crippen molar-refractivity contribution in [2.45, 2.75) is 26.7 Å². The number of hydrogen-bond acceptors (Lipinski definition) is 5. The maximum atomic E-state index is 13.8. The van der Waals surface area contributed by atoms with E-state index >= 15 is 0 Å². The van der Waals surface area contributed by atoms with Crippen LogP contribution in [0.1, 0.15) is 31.0 Å². The van der Waals surface area contributed by atoms with Gasteiger partial charge < -0.3 is 10.6 Å². The number of pyridine rings is 1. The summed E-state index contributed by atoms with van der Waals surface area (Å²) in [4.78, 5) is 9.18. The van der Waals surface area contributed by atoms with E-state index in [0.717, 1.165) is 71.1 Å². The summed E-state index contributed by atoms with van der Waals surface area (Å²) in [5, 5.41) is 14.1. The van der Waals surface area contributed by atoms with Crippen LogP contribution in [-0.4, -0.2) is 34.0 Å². The van der Waals surface area contributed by atoms with E-state index in [-0.39, 0.29) is 5.82 Å². The molecule has 3 aromatic rings. The van der Waals surface area contributed by atoms with Crippen LogP contribution < -0.4 is 10.6 Å². The van der Waals surface area contributed by atoms with Gasteiger partial charge in [-0.1, -0.05) is 18.7 Å². The van der Waals surface area contributed by atoms with Crippen LogP contribution in [0, 0.1) is 18.7 Å². The molecule has 0 unspecified atom stereocenters. The zero-order chi connectivity index (χ0) is 21.8. The first-order valence-electron chi connectivity index (χ1n) is 10.5. The molecule has 1 saturated heterocycles. The normalized spacial score (nSPS) is 15.1. The molecule has 1 aromatic carbocycles. The SMILES string of the molecule is C=C(Nc1cn[nH]c1C(C)=Nc1c(C)cncc1-c1cccc(F)c1)C1CCNCC1. The van der Waals surface area contributed by atoms with Crippen molar-refractivity contribution in [1.82, 2.24) is 20.5 Å². The predicted octanol–water partition coefficient (Wildman–Crippen LogP) is 4.99. The average molecular weight is 419 g/mol. The molecule has 31 heavy (non-hydrogen) atoms. The highest BCUT2D eigenvalue weighted by Gasteiger charge is 2.18. The van der Waals surface area contributed by atoms with E-state index in [1.807, 2.05) is 19.9 Å². The van der Waals surface area contributed by atoms with Crippen molar-refractivity contribution < 1.29 is 4.39 Å². The Morgan fingerprint density at radius 1 is 1.23 bits per heavy atom. The summed E-state index contributed by atoms with van der Waals surface area (Å²) in [7, 11) is 0. The van der Waals surface area contributed by atoms with Crippen LogP contribution >= 0.6 is 0 Å². The van der Waals surface area contributed by atoms with Gasteiger partial charge in [-0.05, 0) is 63.0 Å². The Balaban J connectivity index is 1.64. The average Bonchev–Trinajstić information content (AvgIpc) is 3.24. The first-order valence-corrected chi connectivity index (χ1v) is 10.5. The molecule has 4 rings (SSSR count). The monoisotopic (exact) mass is 418 g/mol. The minimum absolute atomic E-state index is 0.290. The van der Waals surface area contributed by atoms with Crippen molar-refractivity contribution in [2.24, 2.45) is 10.9 Å². The molecule has 6 nitrogen and oxygen atoms in total. The molecule has 1 fully saturated rings. The number of nitrogens with zero attached hydrogens (tertiary/aromatic N) is 3. The summed E-state index contributed by atoms with van der Waals surface area (Å²) in [5.74, 6) is 0.144. The molecular formula is C24H27FN6. The number of hydrogen-bond donors (Lipinski definition) is 3. The Bertz CT molecular complexity index is 1110. The van der Waals surface area contributed by atoms with Crippen molar-refractivity contribution >= 4 is 17.1 Å². The topological polar surface area (TPSA) is 78.0 Å². The number of aromatic nitrogens is 3. The van der Waals surface area contributed by atoms with Gasteiger partial charge in [0.25, 0.3) is 0 Å². The van der Waals surface area contributed by atoms with Crippen molar-refractivity contribution in [1.29, 1.82) is 0 Å². The molecule has 7 heteroatoms. The molecule has 0 spiro atoms. The number of aryl methyl sites for hydroxylation is 1. The Kier molecular flexibility index (Phi) is 6.23. The van der Waals surface area contributed by atoms with Crippen LogP contribution in [0.5, 0.6) is 0 Å². The van der Waals surface area contributed by atoms with Gasteiger partial charge in [0.2, 0.25) is 0 Å². The standard InChI is InChI=1S/C24H27FN6/c1-15-12-27-13-21(19-5-4-6-20(25)11-19)23(15)30-17(3)24-22(14-28-31-24)29-16(2)18-7-9-26-10-8-18/h4-6,11-14,18,26,29H,2,7-10H2,1,3H3,(H,28,31). The van der Waals surface area contributed by atoms with Gasteiger partial charge in [0.05, 0.1) is 23.3 Å². The molecule has 0 bridgehead atoms. The smallest absolute Gasteiger partial charge is 0.123 e. The van der Waals surface area contributed by atoms with Crippen molar-refractivity contribution in [3.05, 3.63) is 72.2 Å². The summed E-state index contributed by atoms with van der Waals surface area (Å²) < 4.78 is 13.8. The molecule has 0 radical (unpaired) electrons. The van der Waals surface area contributed by atoms with Gasteiger partial charge >= 0.3 is 0 Å². The second-order valence-electron chi connectivity index (χ2n) is 7.89. The van der Waals surface area contributed by atoms with Gasteiger partial charge in [0.1, 0.15) is 11.5 Å². The maximum Gasteiger partial charge on any atom is 0.123 e. The quantitative estimate of drug-likeness (QED) is 0.493. The van der Waals surface area contributed by atoms with Gasteiger partial charge in [-0.15, -0.1) is 0 Å². The number of piperidine rings is 1. The molecule has 160 valence electrons. The number of aliphatic imine (C=N–C) groups is 1. The molecule has 0 aliphatic carbocycles. The Labute approximate surface area is 181 Å². The lowest BCUT2D eigenvalue weighted by atomic mass is 9.95. The highest BCUT2D eigenvalue weighted by molar-refractivity contribution is 6.04. The van der Waals surface area contributed by atoms with E-state index < -0.39 is 0 Å². The zero-order valence-electron chi connectivity index (χ0n) is 17.9. The highest BCUT2D eigenvalue weighted by atomic mass is 19.1. The number of halogens is 1. The second kappa shape index (κ2) is 9.22. The molecule has 0 amide bonds. The van der Waals surface area contributed by atoms with Crippen LogP contribution in [0.15, 0.2) is 60.1 Å². The van der Waals surface area contributed by atoms with Crippen molar-refractivity contribution in [3.63, 3.8) is 0 Å². The number of aromatic amines is 1. The number of anilines is 1. The Morgan fingerprint density at radius 2 is 2.03 bits per heavy atom.